The summed E-state index contributed by atoms with van der Waals surface area (Å²) in [6.07, 6.45) is 4.47. The van der Waals surface area contributed by atoms with E-state index in [1.165, 1.54) is 6.39 Å². The number of nitrogen functional groups attached to an aromatic ring is 1. The van der Waals surface area contributed by atoms with Gasteiger partial charge >= 0.3 is 0 Å². The molecule has 0 amide bonds. The van der Waals surface area contributed by atoms with Crippen LogP contribution in [0.4, 0.5) is 17.5 Å². The summed E-state index contributed by atoms with van der Waals surface area (Å²) in [5.41, 5.74) is 8.01. The average molecular weight is 373 g/mol. The van der Waals surface area contributed by atoms with Crippen molar-refractivity contribution in [2.24, 2.45) is 0 Å². The predicted octanol–water partition coefficient (Wildman–Crippen LogP) is 2.49. The fraction of sp³-hybridized carbons (Fsp3) is 0.235. The first-order valence-electron chi connectivity index (χ1n) is 7.97. The Hall–Kier alpha value is -2.94. The van der Waals surface area contributed by atoms with E-state index in [2.05, 4.69) is 15.0 Å². The van der Waals surface area contributed by atoms with E-state index in [0.29, 0.717) is 23.0 Å². The van der Waals surface area contributed by atoms with E-state index in [1.807, 2.05) is 11.8 Å². The highest BCUT2D eigenvalue weighted by molar-refractivity contribution is 7.91. The summed E-state index contributed by atoms with van der Waals surface area (Å²) >= 11 is 0. The molecular weight excluding hydrogens is 354 g/mol. The molecule has 0 bridgehead atoms. The first kappa shape index (κ1) is 17.9. The molecule has 2 N–H and O–H groups in total. The number of hydrogen-bond acceptors (Lipinski definition) is 8. The van der Waals surface area contributed by atoms with Crippen LogP contribution in [0.5, 0.6) is 0 Å². The maximum absolute atomic E-state index is 12.1. The van der Waals surface area contributed by atoms with Gasteiger partial charge in [-0.2, -0.15) is 4.98 Å². The lowest BCUT2D eigenvalue weighted by atomic mass is 10.1. The van der Waals surface area contributed by atoms with Gasteiger partial charge < -0.3 is 15.1 Å². The molecule has 2 aromatic heterocycles. The van der Waals surface area contributed by atoms with Crippen molar-refractivity contribution in [1.29, 1.82) is 0 Å². The minimum absolute atomic E-state index is 0.0525. The molecule has 0 aliphatic heterocycles. The summed E-state index contributed by atoms with van der Waals surface area (Å²) in [6, 6.07) is 6.75. The first-order chi connectivity index (χ1) is 12.4. The number of aromatic nitrogens is 3. The second kappa shape index (κ2) is 7.12. The number of nitrogens with two attached hydrogens (primary N) is 1. The maximum Gasteiger partial charge on any atom is 0.221 e. The number of nitrogens with zero attached hydrogens (tertiary/aromatic N) is 4. The lowest BCUT2D eigenvalue weighted by Gasteiger charge is -2.25. The minimum atomic E-state index is -3.28. The van der Waals surface area contributed by atoms with Crippen LogP contribution in [0.2, 0.25) is 0 Å². The Morgan fingerprint density at radius 1 is 1.23 bits per heavy atom. The Balaban J connectivity index is 2.07. The van der Waals surface area contributed by atoms with Gasteiger partial charge in [-0.05, 0) is 36.8 Å². The summed E-state index contributed by atoms with van der Waals surface area (Å²) in [4.78, 5) is 14.5. The molecule has 8 nitrogen and oxygen atoms in total. The van der Waals surface area contributed by atoms with Gasteiger partial charge in [0.1, 0.15) is 12.1 Å². The summed E-state index contributed by atoms with van der Waals surface area (Å²) in [6.45, 7) is 3.86. The van der Waals surface area contributed by atoms with Crippen molar-refractivity contribution in [3.63, 3.8) is 0 Å². The van der Waals surface area contributed by atoms with Crippen LogP contribution in [0.15, 0.2) is 52.4 Å². The number of hydrogen-bond donors (Lipinski definition) is 1. The molecule has 0 radical (unpaired) electrons. The number of aryl methyl sites for hydroxylation is 1. The number of sulfone groups is 1. The topological polar surface area (TPSA) is 115 Å². The number of oxazole rings is 1. The van der Waals surface area contributed by atoms with Gasteiger partial charge in [0.25, 0.3) is 0 Å². The van der Waals surface area contributed by atoms with E-state index in [4.69, 9.17) is 10.2 Å². The van der Waals surface area contributed by atoms with Gasteiger partial charge in [-0.25, -0.2) is 18.4 Å². The second-order valence-corrected chi connectivity index (χ2v) is 7.97. The summed E-state index contributed by atoms with van der Waals surface area (Å²) in [7, 11) is -3.28. The molecule has 3 rings (SSSR count). The van der Waals surface area contributed by atoms with Crippen LogP contribution in [0.25, 0.3) is 0 Å². The number of benzene rings is 1. The number of rotatable bonds is 6. The van der Waals surface area contributed by atoms with E-state index in [-0.39, 0.29) is 11.7 Å². The highest BCUT2D eigenvalue weighted by atomic mass is 32.2. The molecule has 0 spiro atoms. The molecule has 0 saturated carbocycles. The van der Waals surface area contributed by atoms with Crippen molar-refractivity contribution < 1.29 is 12.8 Å². The molecule has 1 aromatic carbocycles. The fourth-order valence-electron chi connectivity index (χ4n) is 2.57. The van der Waals surface area contributed by atoms with Crippen molar-refractivity contribution in [2.45, 2.75) is 25.3 Å². The van der Waals surface area contributed by atoms with Crippen LogP contribution in [-0.2, 0) is 16.4 Å². The zero-order chi connectivity index (χ0) is 18.7. The second-order valence-electron chi connectivity index (χ2n) is 5.69. The maximum atomic E-state index is 12.1. The average Bonchev–Trinajstić information content (AvgIpc) is 3.13. The summed E-state index contributed by atoms with van der Waals surface area (Å²) in [5.74, 6) is 0.779. The Labute approximate surface area is 151 Å². The molecule has 0 unspecified atom stereocenters. The van der Waals surface area contributed by atoms with E-state index in [1.54, 1.807) is 43.6 Å². The smallest absolute Gasteiger partial charge is 0.221 e. The predicted molar refractivity (Wildman–Crippen MR) is 97.7 cm³/mol. The van der Waals surface area contributed by atoms with E-state index in [0.717, 1.165) is 11.3 Å². The van der Waals surface area contributed by atoms with E-state index < -0.39 is 9.84 Å². The Bertz CT molecular complexity index is 1000. The van der Waals surface area contributed by atoms with E-state index >= 15 is 0 Å². The third-order valence-corrected chi connectivity index (χ3v) is 5.67. The van der Waals surface area contributed by atoms with Crippen LogP contribution in [0.1, 0.15) is 18.2 Å². The van der Waals surface area contributed by atoms with Gasteiger partial charge in [-0.15, -0.1) is 0 Å². The third-order valence-electron chi connectivity index (χ3n) is 3.94. The Morgan fingerprint density at radius 3 is 2.65 bits per heavy atom. The monoisotopic (exact) mass is 373 g/mol. The van der Waals surface area contributed by atoms with Crippen LogP contribution < -0.4 is 10.6 Å². The molecule has 0 atom stereocenters. The molecule has 0 saturated heterocycles. The fourth-order valence-corrected chi connectivity index (χ4v) is 3.54. The molecule has 0 fully saturated rings. The van der Waals surface area contributed by atoms with Crippen LogP contribution in [0.3, 0.4) is 0 Å². The zero-order valence-electron chi connectivity index (χ0n) is 14.5. The molecule has 136 valence electrons. The van der Waals surface area contributed by atoms with Gasteiger partial charge in [0, 0.05) is 11.9 Å². The van der Waals surface area contributed by atoms with Gasteiger partial charge in [-0.1, -0.05) is 6.92 Å². The minimum Gasteiger partial charge on any atom is -0.451 e. The highest BCUT2D eigenvalue weighted by Gasteiger charge is 2.18. The molecular formula is C17H19N5O3S. The van der Waals surface area contributed by atoms with Crippen molar-refractivity contribution in [3.05, 3.63) is 54.4 Å². The third kappa shape index (κ3) is 3.67. The molecule has 0 aliphatic carbocycles. The van der Waals surface area contributed by atoms with E-state index in [9.17, 15) is 8.42 Å². The van der Waals surface area contributed by atoms with Gasteiger partial charge in [0.05, 0.1) is 22.9 Å². The molecule has 0 aliphatic rings. The normalized spacial score (nSPS) is 11.5. The van der Waals surface area contributed by atoms with Crippen molar-refractivity contribution >= 4 is 27.3 Å². The van der Waals surface area contributed by atoms with Gasteiger partial charge in [0.15, 0.2) is 16.2 Å². The zero-order valence-corrected chi connectivity index (χ0v) is 15.3. The number of anilines is 3. The van der Waals surface area contributed by atoms with Crippen LogP contribution in [-0.4, -0.2) is 29.1 Å². The van der Waals surface area contributed by atoms with Gasteiger partial charge in [0.2, 0.25) is 5.95 Å². The molecule has 26 heavy (non-hydrogen) atoms. The summed E-state index contributed by atoms with van der Waals surface area (Å²) < 4.78 is 29.3. The molecule has 3 aromatic rings. The van der Waals surface area contributed by atoms with Gasteiger partial charge in [-0.3, -0.25) is 0 Å². The van der Waals surface area contributed by atoms with Crippen LogP contribution >= 0.6 is 0 Å². The summed E-state index contributed by atoms with van der Waals surface area (Å²) in [5, 5.41) is 0. The SMILES string of the molecule is CCS(=O)(=O)c1ccc(N(Cc2cocn2)c2ccnc(N)n2)c(C)c1. The van der Waals surface area contributed by atoms with Crippen molar-refractivity contribution in [3.8, 4) is 0 Å². The molecule has 2 heterocycles. The molecule has 9 heteroatoms. The quantitative estimate of drug-likeness (QED) is 0.701. The largest absolute Gasteiger partial charge is 0.451 e. The first-order valence-corrected chi connectivity index (χ1v) is 9.62. The van der Waals surface area contributed by atoms with Crippen LogP contribution in [0, 0.1) is 6.92 Å². The van der Waals surface area contributed by atoms with Crippen molar-refractivity contribution in [1.82, 2.24) is 15.0 Å². The highest BCUT2D eigenvalue weighted by Crippen LogP contribution is 2.30. The Morgan fingerprint density at radius 2 is 2.04 bits per heavy atom. The lowest BCUT2D eigenvalue weighted by molar-refractivity contribution is 0.556. The lowest BCUT2D eigenvalue weighted by Crippen LogP contribution is -2.20. The Kier molecular flexibility index (Phi) is 4.90. The van der Waals surface area contributed by atoms with Crippen molar-refractivity contribution in [2.75, 3.05) is 16.4 Å². The standard InChI is InChI=1S/C17H19N5O3S/c1-3-26(23,24)14-4-5-15(12(2)8-14)22(9-13-10-25-11-20-13)16-6-7-19-17(18)21-16/h4-8,10-11H,3,9H2,1-2H3,(H2,18,19,21).